The largest absolute Gasteiger partial charge is 0.494 e. The van der Waals surface area contributed by atoms with Gasteiger partial charge in [0, 0.05) is 5.02 Å². The van der Waals surface area contributed by atoms with Gasteiger partial charge in [-0.25, -0.2) is 9.79 Å². The highest BCUT2D eigenvalue weighted by Gasteiger charge is 2.25. The van der Waals surface area contributed by atoms with Crippen LogP contribution in [-0.4, -0.2) is 44.0 Å². The molecule has 34 heavy (non-hydrogen) atoms. The van der Waals surface area contributed by atoms with Crippen molar-refractivity contribution in [2.45, 2.75) is 13.8 Å². The number of carbonyl (C=O) groups is 2. The highest BCUT2D eigenvalue weighted by atomic mass is 79.9. The fraction of sp³-hybridized carbons (Fsp3) is 0.261. The monoisotopic (exact) mass is 568 g/mol. The molecule has 1 heterocycles. The molecule has 0 saturated carbocycles. The first-order valence-electron chi connectivity index (χ1n) is 10.2. The number of rotatable bonds is 9. The quantitative estimate of drug-likeness (QED) is 0.322. The Morgan fingerprint density at radius 2 is 1.97 bits per heavy atom. The SMILES string of the molecule is CCOC(=O)COc1c(Br)cc(/C=C2\SC(=Nc3cc(Cl)ccc3OC)NC2=O)cc1OCC. The minimum atomic E-state index is -0.481. The molecule has 2 aromatic rings. The van der Waals surface area contributed by atoms with Crippen molar-refractivity contribution in [3.05, 3.63) is 50.3 Å². The summed E-state index contributed by atoms with van der Waals surface area (Å²) in [6, 6.07) is 8.55. The zero-order valence-corrected chi connectivity index (χ0v) is 21.8. The molecule has 11 heteroatoms. The van der Waals surface area contributed by atoms with Crippen LogP contribution in [0.3, 0.4) is 0 Å². The molecule has 2 aromatic carbocycles. The van der Waals surface area contributed by atoms with E-state index in [9.17, 15) is 9.59 Å². The molecule has 0 atom stereocenters. The lowest BCUT2D eigenvalue weighted by Gasteiger charge is -2.14. The van der Waals surface area contributed by atoms with Crippen molar-refractivity contribution < 1.29 is 28.5 Å². The van der Waals surface area contributed by atoms with Gasteiger partial charge in [0.15, 0.2) is 23.3 Å². The number of ether oxygens (including phenoxy) is 4. The minimum absolute atomic E-state index is 0.252. The smallest absolute Gasteiger partial charge is 0.344 e. The number of esters is 1. The average Bonchev–Trinajstić information content (AvgIpc) is 3.12. The number of amidine groups is 1. The predicted molar refractivity (Wildman–Crippen MR) is 136 cm³/mol. The molecule has 1 aliphatic rings. The van der Waals surface area contributed by atoms with Gasteiger partial charge in [0.2, 0.25) is 0 Å². The number of nitrogens with zero attached hydrogens (tertiary/aromatic N) is 1. The van der Waals surface area contributed by atoms with Crippen molar-refractivity contribution in [2.75, 3.05) is 26.9 Å². The van der Waals surface area contributed by atoms with Crippen LogP contribution >= 0.6 is 39.3 Å². The van der Waals surface area contributed by atoms with Crippen molar-refractivity contribution in [1.82, 2.24) is 5.32 Å². The Kier molecular flexibility index (Phi) is 9.26. The molecule has 1 N–H and O–H groups in total. The van der Waals surface area contributed by atoms with E-state index in [-0.39, 0.29) is 19.1 Å². The van der Waals surface area contributed by atoms with E-state index in [1.165, 1.54) is 18.9 Å². The highest BCUT2D eigenvalue weighted by molar-refractivity contribution is 9.10. The standard InChI is InChI=1S/C23H22BrClN2O6S/c1-4-31-18-9-13(8-15(24)21(18)33-12-20(28)32-5-2)10-19-22(29)27-23(34-19)26-16-11-14(25)6-7-17(16)30-3/h6-11H,4-5,12H2,1-3H3,(H,26,27,29)/b19-10-. The molecule has 0 aliphatic carbocycles. The number of aliphatic imine (C=N–C) groups is 1. The summed E-state index contributed by atoms with van der Waals surface area (Å²) in [7, 11) is 1.53. The lowest BCUT2D eigenvalue weighted by atomic mass is 10.2. The first-order chi connectivity index (χ1) is 16.3. The van der Waals surface area contributed by atoms with Gasteiger partial charge >= 0.3 is 5.97 Å². The number of amides is 1. The van der Waals surface area contributed by atoms with Gasteiger partial charge in [-0.2, -0.15) is 0 Å². The summed E-state index contributed by atoms with van der Waals surface area (Å²) in [6.45, 7) is 3.96. The number of hydrogen-bond donors (Lipinski definition) is 1. The number of benzene rings is 2. The molecule has 1 saturated heterocycles. The predicted octanol–water partition coefficient (Wildman–Crippen LogP) is 5.34. The van der Waals surface area contributed by atoms with Crippen LogP contribution in [-0.2, 0) is 14.3 Å². The van der Waals surface area contributed by atoms with Crippen LogP contribution in [0.15, 0.2) is 44.7 Å². The van der Waals surface area contributed by atoms with Crippen molar-refractivity contribution in [3.8, 4) is 17.2 Å². The normalized spacial score (nSPS) is 15.4. The molecule has 3 rings (SSSR count). The van der Waals surface area contributed by atoms with Crippen LogP contribution in [0.25, 0.3) is 6.08 Å². The summed E-state index contributed by atoms with van der Waals surface area (Å²) in [5, 5.41) is 3.64. The Labute approximate surface area is 214 Å². The third-order valence-electron chi connectivity index (χ3n) is 4.28. The molecule has 0 bridgehead atoms. The minimum Gasteiger partial charge on any atom is -0.494 e. The molecule has 0 radical (unpaired) electrons. The Hall–Kier alpha value is -2.69. The van der Waals surface area contributed by atoms with Crippen molar-refractivity contribution in [2.24, 2.45) is 4.99 Å². The summed E-state index contributed by atoms with van der Waals surface area (Å²) in [6.07, 6.45) is 1.71. The van der Waals surface area contributed by atoms with Gasteiger partial charge in [-0.3, -0.25) is 4.79 Å². The summed E-state index contributed by atoms with van der Waals surface area (Å²) >= 11 is 10.7. The Morgan fingerprint density at radius 1 is 1.18 bits per heavy atom. The topological polar surface area (TPSA) is 95.5 Å². The number of thioether (sulfide) groups is 1. The summed E-state index contributed by atoms with van der Waals surface area (Å²) in [4.78, 5) is 29.1. The second-order valence-corrected chi connectivity index (χ2v) is 8.98. The van der Waals surface area contributed by atoms with Crippen LogP contribution < -0.4 is 19.5 Å². The number of methoxy groups -OCH3 is 1. The zero-order chi connectivity index (χ0) is 24.7. The van der Waals surface area contributed by atoms with Crippen molar-refractivity contribution in [1.29, 1.82) is 0 Å². The Bertz CT molecular complexity index is 1150. The maximum Gasteiger partial charge on any atom is 0.344 e. The summed E-state index contributed by atoms with van der Waals surface area (Å²) in [5.41, 5.74) is 1.20. The number of carbonyl (C=O) groups excluding carboxylic acids is 2. The molecule has 0 spiro atoms. The van der Waals surface area contributed by atoms with E-state index in [1.54, 1.807) is 43.3 Å². The third-order valence-corrected chi connectivity index (χ3v) is 6.02. The van der Waals surface area contributed by atoms with E-state index >= 15 is 0 Å². The van der Waals surface area contributed by atoms with Gasteiger partial charge in [0.05, 0.1) is 29.7 Å². The first-order valence-corrected chi connectivity index (χ1v) is 12.2. The molecule has 0 aromatic heterocycles. The van der Waals surface area contributed by atoms with Crippen molar-refractivity contribution >= 4 is 68.1 Å². The van der Waals surface area contributed by atoms with Crippen LogP contribution in [0.5, 0.6) is 17.2 Å². The third kappa shape index (κ3) is 6.68. The van der Waals surface area contributed by atoms with Crippen LogP contribution in [0.1, 0.15) is 19.4 Å². The number of hydrogen-bond acceptors (Lipinski definition) is 8. The molecule has 180 valence electrons. The fourth-order valence-corrected chi connectivity index (χ4v) is 4.48. The highest BCUT2D eigenvalue weighted by Crippen LogP contribution is 2.39. The second-order valence-electron chi connectivity index (χ2n) is 6.65. The maximum atomic E-state index is 12.5. The van der Waals surface area contributed by atoms with E-state index in [0.29, 0.717) is 54.7 Å². The molecular weight excluding hydrogens is 548 g/mol. The van der Waals surface area contributed by atoms with Crippen LogP contribution in [0.4, 0.5) is 5.69 Å². The number of halogens is 2. The van der Waals surface area contributed by atoms with E-state index in [0.717, 1.165) is 0 Å². The van der Waals surface area contributed by atoms with Gasteiger partial charge in [0.1, 0.15) is 11.4 Å². The Balaban J connectivity index is 1.85. The molecule has 1 fully saturated rings. The van der Waals surface area contributed by atoms with Gasteiger partial charge in [-0.05, 0) is 83.5 Å². The lowest BCUT2D eigenvalue weighted by molar-refractivity contribution is -0.145. The van der Waals surface area contributed by atoms with Crippen LogP contribution in [0, 0.1) is 0 Å². The van der Waals surface area contributed by atoms with E-state index in [1.807, 2.05) is 6.92 Å². The molecule has 8 nitrogen and oxygen atoms in total. The van der Waals surface area contributed by atoms with Gasteiger partial charge in [-0.15, -0.1) is 0 Å². The molecule has 0 unspecified atom stereocenters. The lowest BCUT2D eigenvalue weighted by Crippen LogP contribution is -2.19. The van der Waals surface area contributed by atoms with Gasteiger partial charge in [0.25, 0.3) is 5.91 Å². The van der Waals surface area contributed by atoms with E-state index in [2.05, 4.69) is 26.2 Å². The van der Waals surface area contributed by atoms with Gasteiger partial charge in [-0.1, -0.05) is 11.6 Å². The molecule has 1 aliphatic heterocycles. The zero-order valence-electron chi connectivity index (χ0n) is 18.6. The number of nitrogens with one attached hydrogen (secondary N) is 1. The Morgan fingerprint density at radius 3 is 2.68 bits per heavy atom. The summed E-state index contributed by atoms with van der Waals surface area (Å²) in [5.74, 6) is 0.560. The van der Waals surface area contributed by atoms with E-state index < -0.39 is 5.97 Å². The second kappa shape index (κ2) is 12.1. The maximum absolute atomic E-state index is 12.5. The van der Waals surface area contributed by atoms with Crippen molar-refractivity contribution in [3.63, 3.8) is 0 Å². The molecular formula is C23H22BrClN2O6S. The van der Waals surface area contributed by atoms with E-state index in [4.69, 9.17) is 30.5 Å². The fourth-order valence-electron chi connectivity index (χ4n) is 2.90. The average molecular weight is 570 g/mol. The molecule has 1 amide bonds. The van der Waals surface area contributed by atoms with Crippen LogP contribution in [0.2, 0.25) is 5.02 Å². The first kappa shape index (κ1) is 25.9. The summed E-state index contributed by atoms with van der Waals surface area (Å²) < 4.78 is 22.1. The van der Waals surface area contributed by atoms with Gasteiger partial charge < -0.3 is 24.3 Å².